The highest BCUT2D eigenvalue weighted by Gasteiger charge is 2.34. The van der Waals surface area contributed by atoms with Crippen molar-refractivity contribution in [2.24, 2.45) is 5.92 Å². The molecule has 2 aliphatic rings. The van der Waals surface area contributed by atoms with Gasteiger partial charge in [-0.15, -0.1) is 11.3 Å². The molecule has 0 N–H and O–H groups in total. The molecule has 1 saturated heterocycles. The second-order valence-corrected chi connectivity index (χ2v) is 7.91. The van der Waals surface area contributed by atoms with Crippen LogP contribution in [0.2, 0.25) is 0 Å². The first-order valence-corrected chi connectivity index (χ1v) is 9.43. The van der Waals surface area contributed by atoms with E-state index in [1.54, 1.807) is 22.7 Å². The third kappa shape index (κ3) is 2.54. The van der Waals surface area contributed by atoms with E-state index in [-0.39, 0.29) is 11.1 Å². The zero-order chi connectivity index (χ0) is 17.0. The van der Waals surface area contributed by atoms with Gasteiger partial charge in [0.25, 0.3) is 11.1 Å². The smallest absolute Gasteiger partial charge is 0.258 e. The van der Waals surface area contributed by atoms with E-state index in [0.29, 0.717) is 18.4 Å². The van der Waals surface area contributed by atoms with Gasteiger partial charge in [-0.2, -0.15) is 0 Å². The summed E-state index contributed by atoms with van der Waals surface area (Å²) in [5, 5.41) is 1.88. The summed E-state index contributed by atoms with van der Waals surface area (Å²) in [6, 6.07) is 7.23. The molecule has 6 nitrogen and oxygen atoms in total. The molecule has 0 radical (unpaired) electrons. The quantitative estimate of drug-likeness (QED) is 0.700. The van der Waals surface area contributed by atoms with E-state index in [1.807, 2.05) is 16.0 Å². The maximum absolute atomic E-state index is 12.2. The molecule has 2 aliphatic heterocycles. The Kier molecular flexibility index (Phi) is 3.39. The lowest BCUT2D eigenvalue weighted by Gasteiger charge is -2.42. The Morgan fingerprint density at radius 1 is 1.16 bits per heavy atom. The van der Waals surface area contributed by atoms with Crippen LogP contribution in [0.3, 0.4) is 0 Å². The Bertz CT molecular complexity index is 1070. The molecule has 128 valence electrons. The van der Waals surface area contributed by atoms with Crippen molar-refractivity contribution in [1.82, 2.24) is 18.9 Å². The first-order chi connectivity index (χ1) is 12.2. The van der Waals surface area contributed by atoms with Gasteiger partial charge in [-0.1, -0.05) is 6.07 Å². The molecular weight excluding hydrogens is 336 g/mol. The van der Waals surface area contributed by atoms with Crippen LogP contribution in [0.4, 0.5) is 0 Å². The van der Waals surface area contributed by atoms with E-state index < -0.39 is 0 Å². The standard InChI is InChI=1S/C18H18N4O2S/c23-16-3-1-2-15-13-6-12(9-22(15)16)8-20(10-13)11-14-7-17(24)21-4-5-25-18(21)19-14/h1-5,7,12-13H,6,8-11H2/t12-,13+/m0/s1. The van der Waals surface area contributed by atoms with Crippen LogP contribution < -0.4 is 11.1 Å². The molecule has 0 unspecified atom stereocenters. The number of nitrogens with zero attached hydrogens (tertiary/aromatic N) is 4. The SMILES string of the molecule is O=c1cccc2n1C[C@H]1C[C@@H]2CN(Cc2cc(=O)n3ccsc3n2)C1. The highest BCUT2D eigenvalue weighted by Crippen LogP contribution is 2.35. The van der Waals surface area contributed by atoms with Crippen molar-refractivity contribution in [3.63, 3.8) is 0 Å². The fraction of sp³-hybridized carbons (Fsp3) is 0.389. The number of piperidine rings is 1. The van der Waals surface area contributed by atoms with Crippen molar-refractivity contribution in [2.45, 2.75) is 25.4 Å². The van der Waals surface area contributed by atoms with Crippen molar-refractivity contribution in [1.29, 1.82) is 0 Å². The molecule has 5 heterocycles. The van der Waals surface area contributed by atoms with Gasteiger partial charge in [0.2, 0.25) is 0 Å². The zero-order valence-corrected chi connectivity index (χ0v) is 14.5. The van der Waals surface area contributed by atoms with Gasteiger partial charge >= 0.3 is 0 Å². The number of hydrogen-bond acceptors (Lipinski definition) is 5. The van der Waals surface area contributed by atoms with Crippen molar-refractivity contribution < 1.29 is 0 Å². The molecule has 0 saturated carbocycles. The third-order valence-electron chi connectivity index (χ3n) is 5.30. The van der Waals surface area contributed by atoms with E-state index in [0.717, 1.165) is 42.4 Å². The molecule has 0 amide bonds. The van der Waals surface area contributed by atoms with Crippen LogP contribution in [0.5, 0.6) is 0 Å². The Labute approximate surface area is 148 Å². The molecule has 0 spiro atoms. The van der Waals surface area contributed by atoms with Gasteiger partial charge in [0.05, 0.1) is 5.69 Å². The summed E-state index contributed by atoms with van der Waals surface area (Å²) in [6.07, 6.45) is 2.90. The van der Waals surface area contributed by atoms with Crippen molar-refractivity contribution in [3.05, 3.63) is 67.9 Å². The maximum atomic E-state index is 12.2. The lowest BCUT2D eigenvalue weighted by Crippen LogP contribution is -2.46. The average Bonchev–Trinajstić information content (AvgIpc) is 3.05. The Hall–Kier alpha value is -2.25. The summed E-state index contributed by atoms with van der Waals surface area (Å²) < 4.78 is 3.53. The van der Waals surface area contributed by atoms with E-state index in [2.05, 4.69) is 16.0 Å². The van der Waals surface area contributed by atoms with Gasteiger partial charge in [-0.05, 0) is 18.4 Å². The molecule has 5 rings (SSSR count). The predicted octanol–water partition coefficient (Wildman–Crippen LogP) is 1.54. The predicted molar refractivity (Wildman–Crippen MR) is 96.2 cm³/mol. The van der Waals surface area contributed by atoms with Crippen LogP contribution in [0, 0.1) is 5.92 Å². The van der Waals surface area contributed by atoms with Gasteiger partial charge in [-0.3, -0.25) is 18.9 Å². The highest BCUT2D eigenvalue weighted by atomic mass is 32.1. The number of pyridine rings is 1. The lowest BCUT2D eigenvalue weighted by atomic mass is 9.83. The van der Waals surface area contributed by atoms with Crippen LogP contribution in [0.15, 0.2) is 45.4 Å². The topological polar surface area (TPSA) is 59.6 Å². The first-order valence-electron chi connectivity index (χ1n) is 8.55. The number of likely N-dealkylation sites (tertiary alicyclic amines) is 1. The van der Waals surface area contributed by atoms with E-state index in [9.17, 15) is 9.59 Å². The lowest BCUT2D eigenvalue weighted by molar-refractivity contribution is 0.113. The highest BCUT2D eigenvalue weighted by molar-refractivity contribution is 7.15. The number of thiazole rings is 1. The summed E-state index contributed by atoms with van der Waals surface area (Å²) in [6.45, 7) is 3.34. The van der Waals surface area contributed by atoms with E-state index in [4.69, 9.17) is 0 Å². The van der Waals surface area contributed by atoms with Gasteiger partial charge < -0.3 is 4.57 Å². The Morgan fingerprint density at radius 2 is 2.08 bits per heavy atom. The molecule has 3 aromatic heterocycles. The molecule has 3 aromatic rings. The summed E-state index contributed by atoms with van der Waals surface area (Å²) in [5.74, 6) is 0.867. The summed E-state index contributed by atoms with van der Waals surface area (Å²) in [5.41, 5.74) is 2.07. The Morgan fingerprint density at radius 3 is 3.00 bits per heavy atom. The minimum absolute atomic E-state index is 0.0182. The molecule has 1 fully saturated rings. The average molecular weight is 354 g/mol. The molecule has 25 heavy (non-hydrogen) atoms. The molecular formula is C18H18N4O2S. The van der Waals surface area contributed by atoms with Crippen LogP contribution in [-0.2, 0) is 13.1 Å². The van der Waals surface area contributed by atoms with Crippen LogP contribution >= 0.6 is 11.3 Å². The molecule has 2 bridgehead atoms. The second-order valence-electron chi connectivity index (χ2n) is 7.03. The number of fused-ring (bicyclic) bond motifs is 5. The first kappa shape index (κ1) is 15.0. The fourth-order valence-corrected chi connectivity index (χ4v) is 5.06. The minimum Gasteiger partial charge on any atom is -0.312 e. The van der Waals surface area contributed by atoms with Crippen LogP contribution in [0.1, 0.15) is 23.7 Å². The minimum atomic E-state index is -0.0182. The van der Waals surface area contributed by atoms with Crippen LogP contribution in [-0.4, -0.2) is 31.9 Å². The largest absolute Gasteiger partial charge is 0.312 e. The number of hydrogen-bond donors (Lipinski definition) is 0. The third-order valence-corrected chi connectivity index (χ3v) is 6.05. The summed E-state index contributed by atoms with van der Waals surface area (Å²) in [7, 11) is 0. The zero-order valence-electron chi connectivity index (χ0n) is 13.7. The van der Waals surface area contributed by atoms with Crippen LogP contribution in [0.25, 0.3) is 4.96 Å². The van der Waals surface area contributed by atoms with Gasteiger partial charge in [0.15, 0.2) is 4.96 Å². The fourth-order valence-electron chi connectivity index (χ4n) is 4.32. The maximum Gasteiger partial charge on any atom is 0.258 e. The summed E-state index contributed by atoms with van der Waals surface area (Å²) >= 11 is 1.48. The monoisotopic (exact) mass is 354 g/mol. The van der Waals surface area contributed by atoms with E-state index >= 15 is 0 Å². The molecule has 7 heteroatoms. The number of aromatic nitrogens is 3. The molecule has 2 atom stereocenters. The van der Waals surface area contributed by atoms with Gasteiger partial charge in [-0.25, -0.2) is 4.98 Å². The Balaban J connectivity index is 1.43. The van der Waals surface area contributed by atoms with Gasteiger partial charge in [0, 0.05) is 61.5 Å². The van der Waals surface area contributed by atoms with Crippen molar-refractivity contribution >= 4 is 16.3 Å². The normalized spacial score (nSPS) is 22.9. The second kappa shape index (κ2) is 5.64. The van der Waals surface area contributed by atoms with Crippen molar-refractivity contribution in [2.75, 3.05) is 13.1 Å². The van der Waals surface area contributed by atoms with E-state index in [1.165, 1.54) is 11.3 Å². The van der Waals surface area contributed by atoms with Gasteiger partial charge in [0.1, 0.15) is 0 Å². The summed E-state index contributed by atoms with van der Waals surface area (Å²) in [4.78, 5) is 32.0. The van der Waals surface area contributed by atoms with Crippen molar-refractivity contribution in [3.8, 4) is 0 Å². The molecule has 0 aliphatic carbocycles. The molecule has 0 aromatic carbocycles. The number of rotatable bonds is 2.